The van der Waals surface area contributed by atoms with Crippen LogP contribution in [0.1, 0.15) is 36.2 Å². The third-order valence-corrected chi connectivity index (χ3v) is 4.01. The largest absolute Gasteiger partial charge is 0.476 e. The summed E-state index contributed by atoms with van der Waals surface area (Å²) in [6.07, 6.45) is 0.342. The van der Waals surface area contributed by atoms with E-state index in [9.17, 15) is 14.5 Å². The number of hydrogen-bond donors (Lipinski definition) is 0. The Kier molecular flexibility index (Phi) is 7.52. The maximum absolute atomic E-state index is 12.5. The van der Waals surface area contributed by atoms with Crippen molar-refractivity contribution in [3.05, 3.63) is 69.6 Å². The summed E-state index contributed by atoms with van der Waals surface area (Å²) in [5.74, 6) is -0.287. The van der Waals surface area contributed by atoms with Gasteiger partial charge in [-0.1, -0.05) is 11.6 Å². The highest BCUT2D eigenvalue weighted by Gasteiger charge is 2.31. The number of halogens is 1. The van der Waals surface area contributed by atoms with E-state index in [1.165, 1.54) is 0 Å². The molecule has 0 unspecified atom stereocenters. The number of benzene rings is 2. The molecule has 0 bridgehead atoms. The lowest BCUT2D eigenvalue weighted by atomic mass is 10.0. The van der Waals surface area contributed by atoms with Crippen molar-refractivity contribution < 1.29 is 23.9 Å². The van der Waals surface area contributed by atoms with Crippen LogP contribution in [-0.2, 0) is 14.4 Å². The summed E-state index contributed by atoms with van der Waals surface area (Å²) in [5.41, 5.74) is -0.222. The van der Waals surface area contributed by atoms with Crippen LogP contribution in [0.15, 0.2) is 53.9 Å². The van der Waals surface area contributed by atoms with Crippen molar-refractivity contribution in [2.24, 2.45) is 5.34 Å². The second-order valence-electron chi connectivity index (χ2n) is 6.37. The monoisotopic (exact) mass is 405 g/mol. The van der Waals surface area contributed by atoms with Crippen molar-refractivity contribution in [1.82, 2.24) is 0 Å². The molecule has 0 aliphatic carbocycles. The van der Waals surface area contributed by atoms with E-state index >= 15 is 0 Å². The van der Waals surface area contributed by atoms with Crippen LogP contribution >= 0.6 is 11.6 Å². The average molecular weight is 406 g/mol. The van der Waals surface area contributed by atoms with Gasteiger partial charge in [0.05, 0.1) is 6.61 Å². The van der Waals surface area contributed by atoms with Crippen molar-refractivity contribution in [2.45, 2.75) is 25.9 Å². The van der Waals surface area contributed by atoms with Crippen molar-refractivity contribution in [2.75, 3.05) is 13.2 Å². The Morgan fingerprint density at radius 2 is 1.54 bits per heavy atom. The fourth-order valence-electron chi connectivity index (χ4n) is 2.28. The Bertz CT molecular complexity index is 818. The molecule has 8 heteroatoms. The van der Waals surface area contributed by atoms with Crippen LogP contribution in [0, 0.1) is 4.91 Å². The Hall–Kier alpha value is -2.93. The molecule has 0 aliphatic rings. The average Bonchev–Trinajstić information content (AvgIpc) is 2.68. The predicted molar refractivity (Wildman–Crippen MR) is 103 cm³/mol. The number of carbonyl (C=O) groups is 2. The van der Waals surface area contributed by atoms with Gasteiger partial charge in [-0.3, -0.25) is 4.79 Å². The van der Waals surface area contributed by atoms with Gasteiger partial charge >= 0.3 is 5.97 Å². The number of ether oxygens (including phenoxy) is 2. The van der Waals surface area contributed by atoms with E-state index in [4.69, 9.17) is 21.1 Å². The second-order valence-corrected chi connectivity index (χ2v) is 6.81. The maximum atomic E-state index is 12.5. The van der Waals surface area contributed by atoms with Gasteiger partial charge in [0, 0.05) is 22.6 Å². The third-order valence-electron chi connectivity index (χ3n) is 3.75. The molecule has 2 aromatic carbocycles. The quantitative estimate of drug-likeness (QED) is 0.192. The van der Waals surface area contributed by atoms with Gasteiger partial charge in [0.2, 0.25) is 0 Å². The van der Waals surface area contributed by atoms with Crippen LogP contribution in [-0.4, -0.2) is 30.6 Å². The van der Waals surface area contributed by atoms with Crippen molar-refractivity contribution in [3.63, 3.8) is 0 Å². The first-order valence-corrected chi connectivity index (χ1v) is 8.92. The molecule has 0 amide bonds. The van der Waals surface area contributed by atoms with Gasteiger partial charge in [0.15, 0.2) is 16.7 Å². The van der Waals surface area contributed by atoms with Gasteiger partial charge in [-0.15, -0.1) is 4.91 Å². The smallest absolute Gasteiger partial charge is 0.349 e. The van der Waals surface area contributed by atoms with E-state index in [0.717, 1.165) is 0 Å². The highest BCUT2D eigenvalue weighted by Crippen LogP contribution is 2.22. The van der Waals surface area contributed by atoms with Crippen LogP contribution in [0.3, 0.4) is 0 Å². The summed E-state index contributed by atoms with van der Waals surface area (Å²) in [6.45, 7) is 3.30. The van der Waals surface area contributed by atoms with Crippen LogP contribution in [0.2, 0.25) is 5.02 Å². The molecular weight excluding hydrogens is 386 g/mol. The maximum Gasteiger partial charge on any atom is 0.349 e. The topological polar surface area (TPSA) is 91.3 Å². The first-order chi connectivity index (χ1) is 13.3. The Morgan fingerprint density at radius 1 is 0.964 bits per heavy atom. The molecule has 0 atom stereocenters. The summed E-state index contributed by atoms with van der Waals surface area (Å²) in [5, 5.41) is 2.81. The van der Waals surface area contributed by atoms with Gasteiger partial charge in [-0.05, 0) is 62.4 Å². The lowest BCUT2D eigenvalue weighted by molar-refractivity contribution is -0.159. The number of nitrogens with zero attached hydrogens (tertiary/aromatic N) is 1. The Balaban J connectivity index is 1.94. The van der Waals surface area contributed by atoms with Gasteiger partial charge in [0.25, 0.3) is 0 Å². The van der Waals surface area contributed by atoms with Gasteiger partial charge in [0.1, 0.15) is 12.4 Å². The molecule has 0 aromatic heterocycles. The normalized spacial score (nSPS) is 10.8. The standard InChI is InChI=1S/C20H20ClNO6/c1-20(2,19(24)26-12-3-13-27-22-25)28-17-10-6-15(7-11-17)18(23)14-4-8-16(21)9-5-14/h4-11H,3,12-13H2,1-2H3. The molecule has 0 spiro atoms. The zero-order chi connectivity index (χ0) is 20.6. The predicted octanol–water partition coefficient (Wildman–Crippen LogP) is 4.36. The van der Waals surface area contributed by atoms with E-state index in [2.05, 4.69) is 10.2 Å². The minimum atomic E-state index is -1.23. The highest BCUT2D eigenvalue weighted by atomic mass is 35.5. The first-order valence-electron chi connectivity index (χ1n) is 8.54. The van der Waals surface area contributed by atoms with Crippen LogP contribution in [0.25, 0.3) is 0 Å². The summed E-state index contributed by atoms with van der Waals surface area (Å²) in [6, 6.07) is 13.1. The summed E-state index contributed by atoms with van der Waals surface area (Å²) in [7, 11) is 0. The van der Waals surface area contributed by atoms with Gasteiger partial charge in [-0.2, -0.15) is 0 Å². The van der Waals surface area contributed by atoms with E-state index < -0.39 is 11.6 Å². The van der Waals surface area contributed by atoms with Gasteiger partial charge < -0.3 is 14.3 Å². The molecular formula is C20H20ClNO6. The fourth-order valence-corrected chi connectivity index (χ4v) is 2.40. The third kappa shape index (κ3) is 6.06. The molecule has 7 nitrogen and oxygen atoms in total. The number of ketones is 1. The van der Waals surface area contributed by atoms with Crippen molar-refractivity contribution in [1.29, 1.82) is 0 Å². The second kappa shape index (κ2) is 9.85. The fraction of sp³-hybridized carbons (Fsp3) is 0.300. The SMILES string of the molecule is CC(C)(Oc1ccc(C(=O)c2ccc(Cl)cc2)cc1)C(=O)OCCCON=O. The van der Waals surface area contributed by atoms with E-state index in [-0.39, 0.29) is 19.0 Å². The summed E-state index contributed by atoms with van der Waals surface area (Å²) in [4.78, 5) is 38.7. The van der Waals surface area contributed by atoms with E-state index in [0.29, 0.717) is 28.3 Å². The molecule has 28 heavy (non-hydrogen) atoms. The van der Waals surface area contributed by atoms with E-state index in [1.54, 1.807) is 62.4 Å². The molecule has 0 heterocycles. The Morgan fingerprint density at radius 3 is 2.11 bits per heavy atom. The zero-order valence-electron chi connectivity index (χ0n) is 15.5. The number of esters is 1. The molecule has 0 saturated carbocycles. The summed E-state index contributed by atoms with van der Waals surface area (Å²) < 4.78 is 10.8. The van der Waals surface area contributed by atoms with E-state index in [1.807, 2.05) is 0 Å². The molecule has 0 N–H and O–H groups in total. The number of hydrogen-bond acceptors (Lipinski definition) is 7. The lowest BCUT2D eigenvalue weighted by Gasteiger charge is -2.24. The molecule has 2 rings (SSSR count). The molecule has 2 aromatic rings. The minimum absolute atomic E-state index is 0.0706. The minimum Gasteiger partial charge on any atom is -0.476 e. The van der Waals surface area contributed by atoms with Crippen LogP contribution < -0.4 is 4.74 Å². The summed E-state index contributed by atoms with van der Waals surface area (Å²) >= 11 is 5.84. The van der Waals surface area contributed by atoms with Crippen LogP contribution in [0.5, 0.6) is 5.75 Å². The highest BCUT2D eigenvalue weighted by molar-refractivity contribution is 6.30. The lowest BCUT2D eigenvalue weighted by Crippen LogP contribution is -2.40. The molecule has 148 valence electrons. The van der Waals surface area contributed by atoms with Crippen molar-refractivity contribution >= 4 is 23.4 Å². The first kappa shape index (κ1) is 21.4. The van der Waals surface area contributed by atoms with Crippen LogP contribution in [0.4, 0.5) is 0 Å². The Labute approximate surface area is 167 Å². The van der Waals surface area contributed by atoms with Gasteiger partial charge in [-0.25, -0.2) is 4.79 Å². The molecule has 0 aliphatic heterocycles. The molecule has 0 fully saturated rings. The number of carbonyl (C=O) groups excluding carboxylic acids is 2. The van der Waals surface area contributed by atoms with Crippen molar-refractivity contribution in [3.8, 4) is 5.75 Å². The molecule has 0 saturated heterocycles. The molecule has 0 radical (unpaired) electrons. The zero-order valence-corrected chi connectivity index (χ0v) is 16.3. The number of rotatable bonds is 10.